The van der Waals surface area contributed by atoms with Crippen LogP contribution in [0.4, 0.5) is 4.39 Å². The standard InChI is InChI=1S/C18H27FN2O2.ClH/c1-23-12-11-20-13-18(22)21(17-5-3-2-4-6-17)14-15-7-9-16(19)10-8-15;/h7-10,17,20H,2-6,11-14H2,1H3;1H. The number of amides is 1. The van der Waals surface area contributed by atoms with Crippen molar-refractivity contribution in [1.82, 2.24) is 10.2 Å². The van der Waals surface area contributed by atoms with Gasteiger partial charge < -0.3 is 15.0 Å². The van der Waals surface area contributed by atoms with Gasteiger partial charge in [0, 0.05) is 26.2 Å². The predicted molar refractivity (Wildman–Crippen MR) is 95.8 cm³/mol. The second-order valence-electron chi connectivity index (χ2n) is 6.11. The summed E-state index contributed by atoms with van der Waals surface area (Å²) in [5, 5.41) is 3.12. The van der Waals surface area contributed by atoms with Crippen LogP contribution in [0.3, 0.4) is 0 Å². The number of benzene rings is 1. The monoisotopic (exact) mass is 358 g/mol. The molecular weight excluding hydrogens is 331 g/mol. The van der Waals surface area contributed by atoms with E-state index >= 15 is 0 Å². The largest absolute Gasteiger partial charge is 0.383 e. The molecule has 1 aliphatic rings. The Bertz CT molecular complexity index is 478. The highest BCUT2D eigenvalue weighted by atomic mass is 35.5. The molecule has 1 fully saturated rings. The van der Waals surface area contributed by atoms with Gasteiger partial charge in [-0.1, -0.05) is 31.4 Å². The average Bonchev–Trinajstić information content (AvgIpc) is 2.59. The van der Waals surface area contributed by atoms with Crippen molar-refractivity contribution < 1.29 is 13.9 Å². The molecule has 1 saturated carbocycles. The summed E-state index contributed by atoms with van der Waals surface area (Å²) < 4.78 is 18.1. The molecule has 0 spiro atoms. The summed E-state index contributed by atoms with van der Waals surface area (Å²) in [6, 6.07) is 6.73. The number of nitrogens with one attached hydrogen (secondary N) is 1. The second-order valence-corrected chi connectivity index (χ2v) is 6.11. The maximum absolute atomic E-state index is 13.1. The molecule has 1 N–H and O–H groups in total. The van der Waals surface area contributed by atoms with Gasteiger partial charge in [-0.3, -0.25) is 4.79 Å². The van der Waals surface area contributed by atoms with E-state index in [9.17, 15) is 9.18 Å². The lowest BCUT2D eigenvalue weighted by atomic mass is 9.93. The molecule has 1 amide bonds. The highest BCUT2D eigenvalue weighted by molar-refractivity contribution is 5.85. The third kappa shape index (κ3) is 6.75. The number of nitrogens with zero attached hydrogens (tertiary/aromatic N) is 1. The van der Waals surface area contributed by atoms with E-state index in [4.69, 9.17) is 4.74 Å². The van der Waals surface area contributed by atoms with Crippen LogP contribution in [0.2, 0.25) is 0 Å². The number of rotatable bonds is 8. The number of hydrogen-bond acceptors (Lipinski definition) is 3. The van der Waals surface area contributed by atoms with Gasteiger partial charge in [0.05, 0.1) is 13.2 Å². The van der Waals surface area contributed by atoms with Crippen molar-refractivity contribution in [3.8, 4) is 0 Å². The van der Waals surface area contributed by atoms with Gasteiger partial charge in [-0.05, 0) is 30.5 Å². The van der Waals surface area contributed by atoms with Crippen molar-refractivity contribution in [2.24, 2.45) is 0 Å². The summed E-state index contributed by atoms with van der Waals surface area (Å²) in [5.41, 5.74) is 0.974. The minimum atomic E-state index is -0.245. The Kier molecular flexibility index (Phi) is 9.91. The first-order valence-electron chi connectivity index (χ1n) is 8.44. The predicted octanol–water partition coefficient (Wildman–Crippen LogP) is 3.14. The maximum Gasteiger partial charge on any atom is 0.237 e. The number of carbonyl (C=O) groups excluding carboxylic acids is 1. The molecule has 0 atom stereocenters. The van der Waals surface area contributed by atoms with E-state index in [-0.39, 0.29) is 24.1 Å². The number of carbonyl (C=O) groups is 1. The smallest absolute Gasteiger partial charge is 0.237 e. The van der Waals surface area contributed by atoms with Gasteiger partial charge in [0.2, 0.25) is 5.91 Å². The van der Waals surface area contributed by atoms with Crippen molar-refractivity contribution in [2.45, 2.75) is 44.7 Å². The third-order valence-corrected chi connectivity index (χ3v) is 4.36. The first-order valence-corrected chi connectivity index (χ1v) is 8.44. The molecule has 0 unspecified atom stereocenters. The Morgan fingerprint density at radius 1 is 1.25 bits per heavy atom. The highest BCUT2D eigenvalue weighted by Crippen LogP contribution is 2.24. The summed E-state index contributed by atoms with van der Waals surface area (Å²) in [4.78, 5) is 14.6. The van der Waals surface area contributed by atoms with Crippen LogP contribution in [0.5, 0.6) is 0 Å². The van der Waals surface area contributed by atoms with Gasteiger partial charge in [0.25, 0.3) is 0 Å². The molecule has 4 nitrogen and oxygen atoms in total. The van der Waals surface area contributed by atoms with Crippen LogP contribution >= 0.6 is 12.4 Å². The minimum absolute atomic E-state index is 0. The van der Waals surface area contributed by atoms with Crippen molar-refractivity contribution in [1.29, 1.82) is 0 Å². The van der Waals surface area contributed by atoms with Gasteiger partial charge in [-0.2, -0.15) is 0 Å². The minimum Gasteiger partial charge on any atom is -0.383 e. The number of ether oxygens (including phenoxy) is 1. The fraction of sp³-hybridized carbons (Fsp3) is 0.611. The zero-order chi connectivity index (χ0) is 16.5. The van der Waals surface area contributed by atoms with Gasteiger partial charge in [0.15, 0.2) is 0 Å². The summed E-state index contributed by atoms with van der Waals surface area (Å²) in [6.07, 6.45) is 5.72. The summed E-state index contributed by atoms with van der Waals surface area (Å²) in [5.74, 6) is -0.136. The summed E-state index contributed by atoms with van der Waals surface area (Å²) in [6.45, 7) is 2.13. The SMILES string of the molecule is COCCNCC(=O)N(Cc1ccc(F)cc1)C1CCCCC1.Cl. The number of hydrogen-bond donors (Lipinski definition) is 1. The third-order valence-electron chi connectivity index (χ3n) is 4.36. The fourth-order valence-electron chi connectivity index (χ4n) is 3.07. The van der Waals surface area contributed by atoms with Crippen LogP contribution in [0, 0.1) is 5.82 Å². The van der Waals surface area contributed by atoms with E-state index in [1.807, 2.05) is 4.90 Å². The molecule has 0 radical (unpaired) electrons. The highest BCUT2D eigenvalue weighted by Gasteiger charge is 2.25. The number of halogens is 2. The summed E-state index contributed by atoms with van der Waals surface area (Å²) in [7, 11) is 1.65. The molecule has 0 heterocycles. The first-order chi connectivity index (χ1) is 11.2. The molecule has 0 aromatic heterocycles. The number of methoxy groups -OCH3 is 1. The van der Waals surface area contributed by atoms with E-state index in [0.717, 1.165) is 18.4 Å². The molecular formula is C18H28ClFN2O2. The van der Waals surface area contributed by atoms with Crippen LogP contribution in [0.1, 0.15) is 37.7 Å². The van der Waals surface area contributed by atoms with Gasteiger partial charge >= 0.3 is 0 Å². The fourth-order valence-corrected chi connectivity index (χ4v) is 3.07. The molecule has 2 rings (SSSR count). The van der Waals surface area contributed by atoms with Crippen molar-refractivity contribution in [2.75, 3.05) is 26.8 Å². The topological polar surface area (TPSA) is 41.6 Å². The molecule has 1 aromatic rings. The lowest BCUT2D eigenvalue weighted by molar-refractivity contribution is -0.134. The van der Waals surface area contributed by atoms with E-state index in [1.54, 1.807) is 19.2 Å². The van der Waals surface area contributed by atoms with Crippen molar-refractivity contribution in [3.63, 3.8) is 0 Å². The molecule has 24 heavy (non-hydrogen) atoms. The quantitative estimate of drug-likeness (QED) is 0.726. The van der Waals surface area contributed by atoms with Crippen molar-refractivity contribution in [3.05, 3.63) is 35.6 Å². The Balaban J connectivity index is 0.00000288. The van der Waals surface area contributed by atoms with E-state index in [1.165, 1.54) is 31.4 Å². The van der Waals surface area contributed by atoms with Gasteiger partial charge in [0.1, 0.15) is 5.82 Å². The zero-order valence-electron chi connectivity index (χ0n) is 14.3. The maximum atomic E-state index is 13.1. The molecule has 136 valence electrons. The van der Waals surface area contributed by atoms with Crippen LogP contribution in [0.25, 0.3) is 0 Å². The van der Waals surface area contributed by atoms with Crippen molar-refractivity contribution >= 4 is 18.3 Å². The van der Waals surface area contributed by atoms with Crippen LogP contribution in [-0.2, 0) is 16.1 Å². The Labute approximate surface area is 150 Å². The lowest BCUT2D eigenvalue weighted by Gasteiger charge is -2.34. The molecule has 0 bridgehead atoms. The zero-order valence-corrected chi connectivity index (χ0v) is 15.1. The molecule has 1 aliphatic carbocycles. The van der Waals surface area contributed by atoms with Crippen LogP contribution in [0.15, 0.2) is 24.3 Å². The molecule has 0 saturated heterocycles. The van der Waals surface area contributed by atoms with Crippen LogP contribution < -0.4 is 5.32 Å². The Hall–Kier alpha value is -1.17. The lowest BCUT2D eigenvalue weighted by Crippen LogP contribution is -2.45. The first kappa shape index (κ1) is 20.9. The van der Waals surface area contributed by atoms with Gasteiger partial charge in [-0.25, -0.2) is 4.39 Å². The second kappa shape index (κ2) is 11.4. The normalized spacial score (nSPS) is 14.9. The molecule has 1 aromatic carbocycles. The molecule has 0 aliphatic heterocycles. The van der Waals surface area contributed by atoms with Gasteiger partial charge in [-0.15, -0.1) is 12.4 Å². The van der Waals surface area contributed by atoms with Crippen LogP contribution in [-0.4, -0.2) is 43.7 Å². The van der Waals surface area contributed by atoms with E-state index in [0.29, 0.717) is 32.3 Å². The average molecular weight is 359 g/mol. The Morgan fingerprint density at radius 2 is 1.92 bits per heavy atom. The van der Waals surface area contributed by atoms with E-state index in [2.05, 4.69) is 5.32 Å². The Morgan fingerprint density at radius 3 is 2.54 bits per heavy atom. The molecule has 6 heteroatoms. The summed E-state index contributed by atoms with van der Waals surface area (Å²) >= 11 is 0. The van der Waals surface area contributed by atoms with E-state index < -0.39 is 0 Å².